The Bertz CT molecular complexity index is 331. The Morgan fingerprint density at radius 3 is 2.29 bits per heavy atom. The molecule has 4 heteroatoms. The van der Waals surface area contributed by atoms with Gasteiger partial charge in [-0.25, -0.2) is 0 Å². The zero-order valence-corrected chi connectivity index (χ0v) is 7.38. The number of rotatable bonds is 4. The molecular weight excluding hydrogens is 184 g/mol. The zero-order valence-electron chi connectivity index (χ0n) is 7.38. The number of benzene rings is 1. The maximum Gasteiger partial charge on any atom is 0.234 e. The van der Waals surface area contributed by atoms with E-state index in [0.29, 0.717) is 0 Å². The first-order chi connectivity index (χ1) is 6.66. The predicted molar refractivity (Wildman–Crippen MR) is 48.9 cm³/mol. The van der Waals surface area contributed by atoms with Crippen molar-refractivity contribution in [1.82, 2.24) is 0 Å². The van der Waals surface area contributed by atoms with Gasteiger partial charge in [-0.05, 0) is 0 Å². The number of hydrogen-bond donors (Lipinski definition) is 2. The first-order valence-electron chi connectivity index (χ1n) is 4.09. The molecule has 0 spiro atoms. The van der Waals surface area contributed by atoms with Crippen LogP contribution in [0.5, 0.6) is 0 Å². The van der Waals surface area contributed by atoms with E-state index in [1.807, 2.05) is 0 Å². The minimum Gasteiger partial charge on any atom is -0.393 e. The van der Waals surface area contributed by atoms with Gasteiger partial charge in [-0.2, -0.15) is 0 Å². The van der Waals surface area contributed by atoms with E-state index in [9.17, 15) is 9.59 Å². The van der Waals surface area contributed by atoms with Gasteiger partial charge in [0.1, 0.15) is 6.10 Å². The molecule has 0 radical (unpaired) electrons. The summed E-state index contributed by atoms with van der Waals surface area (Å²) in [6.07, 6.45) is -1.62. The molecule has 1 aromatic rings. The van der Waals surface area contributed by atoms with Crippen molar-refractivity contribution in [3.05, 3.63) is 35.9 Å². The molecule has 0 saturated carbocycles. The fraction of sp³-hybridized carbons (Fsp3) is 0.200. The molecule has 0 saturated heterocycles. The van der Waals surface area contributed by atoms with Crippen LogP contribution in [-0.2, 0) is 4.79 Å². The van der Waals surface area contributed by atoms with Gasteiger partial charge in [0, 0.05) is 5.56 Å². The van der Waals surface area contributed by atoms with Crippen molar-refractivity contribution in [3.63, 3.8) is 0 Å². The fourth-order valence-electron chi connectivity index (χ4n) is 0.966. The molecule has 74 valence electrons. The Labute approximate surface area is 80.8 Å². The van der Waals surface area contributed by atoms with Crippen molar-refractivity contribution in [3.8, 4) is 0 Å². The topological polar surface area (TPSA) is 74.6 Å². The van der Waals surface area contributed by atoms with E-state index in [0.717, 1.165) is 0 Å². The molecule has 0 fully saturated rings. The quantitative estimate of drug-likeness (QED) is 0.513. The largest absolute Gasteiger partial charge is 0.393 e. The number of aliphatic hydroxyl groups excluding tert-OH is 2. The zero-order chi connectivity index (χ0) is 10.6. The Morgan fingerprint density at radius 1 is 1.21 bits per heavy atom. The molecule has 0 aliphatic carbocycles. The van der Waals surface area contributed by atoms with E-state index in [-0.39, 0.29) is 5.56 Å². The van der Waals surface area contributed by atoms with Crippen LogP contribution in [0.1, 0.15) is 10.4 Å². The maximum absolute atomic E-state index is 11.3. The van der Waals surface area contributed by atoms with Crippen LogP contribution in [0.2, 0.25) is 0 Å². The van der Waals surface area contributed by atoms with Crippen LogP contribution in [0.15, 0.2) is 30.3 Å². The molecule has 1 atom stereocenters. The molecule has 0 aromatic heterocycles. The van der Waals surface area contributed by atoms with Gasteiger partial charge in [0.2, 0.25) is 11.6 Å². The van der Waals surface area contributed by atoms with E-state index in [1.165, 1.54) is 12.1 Å². The highest BCUT2D eigenvalue weighted by molar-refractivity contribution is 6.45. The molecule has 0 aliphatic heterocycles. The van der Waals surface area contributed by atoms with Crippen LogP contribution in [0.4, 0.5) is 0 Å². The van der Waals surface area contributed by atoms with Gasteiger partial charge < -0.3 is 10.2 Å². The molecule has 1 unspecified atom stereocenters. The third-order valence-corrected chi connectivity index (χ3v) is 1.74. The lowest BCUT2D eigenvalue weighted by atomic mass is 10.0. The first-order valence-corrected chi connectivity index (χ1v) is 4.09. The molecule has 4 nitrogen and oxygen atoms in total. The van der Waals surface area contributed by atoms with Gasteiger partial charge in [0.25, 0.3) is 0 Å². The molecule has 0 heterocycles. The van der Waals surface area contributed by atoms with E-state index in [4.69, 9.17) is 10.2 Å². The summed E-state index contributed by atoms with van der Waals surface area (Å²) in [5.74, 6) is -1.77. The van der Waals surface area contributed by atoms with Crippen LogP contribution in [0.3, 0.4) is 0 Å². The summed E-state index contributed by atoms with van der Waals surface area (Å²) in [5.41, 5.74) is 0.213. The normalized spacial score (nSPS) is 12.1. The van der Waals surface area contributed by atoms with Gasteiger partial charge in [-0.15, -0.1) is 0 Å². The fourth-order valence-corrected chi connectivity index (χ4v) is 0.966. The summed E-state index contributed by atoms with van der Waals surface area (Å²) in [6.45, 7) is -0.739. The Kier molecular flexibility index (Phi) is 3.50. The van der Waals surface area contributed by atoms with E-state index in [1.54, 1.807) is 18.2 Å². The first kappa shape index (κ1) is 10.6. The third kappa shape index (κ3) is 2.25. The summed E-state index contributed by atoms with van der Waals surface area (Å²) in [7, 11) is 0. The van der Waals surface area contributed by atoms with Crippen molar-refractivity contribution >= 4 is 11.6 Å². The van der Waals surface area contributed by atoms with Crippen LogP contribution < -0.4 is 0 Å². The molecular formula is C10H10O4. The highest BCUT2D eigenvalue weighted by atomic mass is 16.3. The van der Waals surface area contributed by atoms with Gasteiger partial charge in [0.05, 0.1) is 6.61 Å². The summed E-state index contributed by atoms with van der Waals surface area (Å²) < 4.78 is 0. The molecule has 1 rings (SSSR count). The van der Waals surface area contributed by atoms with E-state index < -0.39 is 24.3 Å². The maximum atomic E-state index is 11.3. The predicted octanol–water partition coefficient (Wildman–Crippen LogP) is -0.208. The lowest BCUT2D eigenvalue weighted by molar-refractivity contribution is -0.124. The van der Waals surface area contributed by atoms with E-state index >= 15 is 0 Å². The van der Waals surface area contributed by atoms with Gasteiger partial charge in [-0.3, -0.25) is 9.59 Å². The molecule has 2 N–H and O–H groups in total. The Hall–Kier alpha value is -1.52. The SMILES string of the molecule is O=C(C(=O)C(O)CO)c1ccccc1. The Balaban J connectivity index is 2.82. The minimum absolute atomic E-state index is 0.213. The standard InChI is InChI=1S/C10H10O4/c11-6-8(12)10(14)9(13)7-4-2-1-3-5-7/h1-5,8,11-12H,6H2. The second kappa shape index (κ2) is 4.64. The van der Waals surface area contributed by atoms with Gasteiger partial charge in [-0.1, -0.05) is 30.3 Å². The summed E-state index contributed by atoms with van der Waals surface area (Å²) in [5, 5.41) is 17.4. The smallest absolute Gasteiger partial charge is 0.234 e. The van der Waals surface area contributed by atoms with Crippen LogP contribution in [0, 0.1) is 0 Å². The second-order valence-electron chi connectivity index (χ2n) is 2.76. The highest BCUT2D eigenvalue weighted by Gasteiger charge is 2.23. The van der Waals surface area contributed by atoms with Crippen LogP contribution in [-0.4, -0.2) is 34.5 Å². The van der Waals surface area contributed by atoms with Gasteiger partial charge in [0.15, 0.2) is 0 Å². The minimum atomic E-state index is -1.62. The van der Waals surface area contributed by atoms with Crippen molar-refractivity contribution < 1.29 is 19.8 Å². The monoisotopic (exact) mass is 194 g/mol. The number of carbonyl (C=O) groups excluding carboxylic acids is 2. The van der Waals surface area contributed by atoms with Crippen molar-refractivity contribution in [2.24, 2.45) is 0 Å². The molecule has 14 heavy (non-hydrogen) atoms. The second-order valence-corrected chi connectivity index (χ2v) is 2.76. The third-order valence-electron chi connectivity index (χ3n) is 1.74. The average Bonchev–Trinajstić information content (AvgIpc) is 2.27. The van der Waals surface area contributed by atoms with Crippen molar-refractivity contribution in [2.45, 2.75) is 6.10 Å². The summed E-state index contributed by atoms with van der Waals surface area (Å²) in [6, 6.07) is 7.90. The summed E-state index contributed by atoms with van der Waals surface area (Å²) in [4.78, 5) is 22.4. The number of carbonyl (C=O) groups is 2. The molecule has 0 aliphatic rings. The van der Waals surface area contributed by atoms with Crippen LogP contribution in [0.25, 0.3) is 0 Å². The van der Waals surface area contributed by atoms with Crippen molar-refractivity contribution in [1.29, 1.82) is 0 Å². The average molecular weight is 194 g/mol. The van der Waals surface area contributed by atoms with Crippen molar-refractivity contribution in [2.75, 3.05) is 6.61 Å². The molecule has 0 bridgehead atoms. The molecule has 1 aromatic carbocycles. The molecule has 0 amide bonds. The number of aliphatic hydroxyl groups is 2. The van der Waals surface area contributed by atoms with E-state index in [2.05, 4.69) is 0 Å². The van der Waals surface area contributed by atoms with Gasteiger partial charge >= 0.3 is 0 Å². The number of hydrogen-bond acceptors (Lipinski definition) is 4. The Morgan fingerprint density at radius 2 is 1.79 bits per heavy atom. The lowest BCUT2D eigenvalue weighted by Gasteiger charge is -2.04. The van der Waals surface area contributed by atoms with Crippen LogP contribution >= 0.6 is 0 Å². The summed E-state index contributed by atoms with van der Waals surface area (Å²) >= 11 is 0. The number of ketones is 2. The highest BCUT2D eigenvalue weighted by Crippen LogP contribution is 2.02. The number of Topliss-reactive ketones (excluding diaryl/α,β-unsaturated/α-hetero) is 2. The lowest BCUT2D eigenvalue weighted by Crippen LogP contribution is -2.31.